The van der Waals surface area contributed by atoms with Crippen molar-refractivity contribution >= 4 is 34.3 Å². The van der Waals surface area contributed by atoms with E-state index in [4.69, 9.17) is 16.4 Å². The summed E-state index contributed by atoms with van der Waals surface area (Å²) in [6, 6.07) is 8.06. The van der Waals surface area contributed by atoms with Crippen LogP contribution in [0.2, 0.25) is 5.15 Å². The minimum Gasteiger partial charge on any atom is -0.349 e. The molecular weight excluding hydrogens is 387 g/mol. The molecular formula is C19H18ClFN4O3. The lowest BCUT2D eigenvalue weighted by atomic mass is 10.0. The Morgan fingerprint density at radius 3 is 2.71 bits per heavy atom. The number of H-pyrrole nitrogens is 1. The standard InChI is InChI=1S/C19H18ClFN4O3/c1-25(28-2)19(27)15(7-11-3-5-13(21)6-4-11)24-18(26)14-8-12-9-17(20)22-10-16(12)23-14/h3-6,8-10,15,23H,7H2,1-2H3,(H,24,26). The van der Waals surface area contributed by atoms with Gasteiger partial charge in [0.05, 0.1) is 18.8 Å². The van der Waals surface area contributed by atoms with Crippen LogP contribution in [0.1, 0.15) is 16.1 Å². The van der Waals surface area contributed by atoms with Crippen LogP contribution in [0.15, 0.2) is 42.6 Å². The number of nitrogens with one attached hydrogen (secondary N) is 2. The number of pyridine rings is 1. The molecule has 2 amide bonds. The summed E-state index contributed by atoms with van der Waals surface area (Å²) in [5, 5.41) is 4.76. The van der Waals surface area contributed by atoms with Crippen molar-refractivity contribution in [2.45, 2.75) is 12.5 Å². The van der Waals surface area contributed by atoms with Gasteiger partial charge in [-0.25, -0.2) is 14.4 Å². The fourth-order valence-electron chi connectivity index (χ4n) is 2.73. The molecule has 2 aromatic heterocycles. The number of halogens is 2. The van der Waals surface area contributed by atoms with Crippen molar-refractivity contribution < 1.29 is 18.8 Å². The van der Waals surface area contributed by atoms with Gasteiger partial charge in [-0.3, -0.25) is 14.4 Å². The Bertz CT molecular complexity index is 1010. The third kappa shape index (κ3) is 4.47. The second kappa shape index (κ2) is 8.37. The smallest absolute Gasteiger partial charge is 0.268 e. The maximum absolute atomic E-state index is 13.1. The van der Waals surface area contributed by atoms with Gasteiger partial charge in [0.25, 0.3) is 11.8 Å². The van der Waals surface area contributed by atoms with Crippen LogP contribution in [0.25, 0.3) is 10.9 Å². The quantitative estimate of drug-likeness (QED) is 0.488. The normalized spacial score (nSPS) is 12.0. The van der Waals surface area contributed by atoms with Crippen molar-refractivity contribution in [2.75, 3.05) is 14.2 Å². The summed E-state index contributed by atoms with van der Waals surface area (Å²) in [4.78, 5) is 37.1. The third-order valence-electron chi connectivity index (χ3n) is 4.26. The van der Waals surface area contributed by atoms with Crippen molar-refractivity contribution in [3.63, 3.8) is 0 Å². The molecule has 0 saturated heterocycles. The molecule has 1 aromatic carbocycles. The van der Waals surface area contributed by atoms with E-state index in [1.54, 1.807) is 24.3 Å². The Kier molecular flexibility index (Phi) is 5.91. The Hall–Kier alpha value is -2.97. The number of hydrogen-bond acceptors (Lipinski definition) is 4. The first-order valence-corrected chi connectivity index (χ1v) is 8.76. The molecule has 3 aromatic rings. The molecule has 9 heteroatoms. The molecule has 1 unspecified atom stereocenters. The monoisotopic (exact) mass is 404 g/mol. The van der Waals surface area contributed by atoms with Gasteiger partial charge >= 0.3 is 0 Å². The molecule has 0 fully saturated rings. The van der Waals surface area contributed by atoms with Gasteiger partial charge in [0.1, 0.15) is 22.7 Å². The number of aromatic nitrogens is 2. The van der Waals surface area contributed by atoms with Crippen molar-refractivity contribution in [3.8, 4) is 0 Å². The number of carbonyl (C=O) groups is 2. The fraction of sp³-hybridized carbons (Fsp3) is 0.211. The Balaban J connectivity index is 1.83. The fourth-order valence-corrected chi connectivity index (χ4v) is 2.89. The van der Waals surface area contributed by atoms with E-state index in [0.717, 1.165) is 10.4 Å². The average molecular weight is 405 g/mol. The van der Waals surface area contributed by atoms with Crippen LogP contribution in [0.5, 0.6) is 0 Å². The molecule has 0 saturated carbocycles. The summed E-state index contributed by atoms with van der Waals surface area (Å²) in [5.41, 5.74) is 1.60. The summed E-state index contributed by atoms with van der Waals surface area (Å²) < 4.78 is 13.1. The molecule has 2 N–H and O–H groups in total. The van der Waals surface area contributed by atoms with Crippen LogP contribution in [0.3, 0.4) is 0 Å². The highest BCUT2D eigenvalue weighted by molar-refractivity contribution is 6.30. The van der Waals surface area contributed by atoms with Crippen molar-refractivity contribution in [1.29, 1.82) is 0 Å². The van der Waals surface area contributed by atoms with Crippen LogP contribution in [-0.4, -0.2) is 47.0 Å². The Labute approximate surface area is 165 Å². The molecule has 3 rings (SSSR count). The lowest BCUT2D eigenvalue weighted by Crippen LogP contribution is -2.48. The number of hydroxylamine groups is 2. The Morgan fingerprint density at radius 2 is 2.04 bits per heavy atom. The van der Waals surface area contributed by atoms with Crippen LogP contribution in [-0.2, 0) is 16.1 Å². The largest absolute Gasteiger partial charge is 0.349 e. The molecule has 0 bridgehead atoms. The van der Waals surface area contributed by atoms with E-state index in [9.17, 15) is 14.0 Å². The number of carbonyl (C=O) groups excluding carboxylic acids is 2. The molecule has 0 spiro atoms. The lowest BCUT2D eigenvalue weighted by molar-refractivity contribution is -0.170. The maximum Gasteiger partial charge on any atom is 0.268 e. The Morgan fingerprint density at radius 1 is 1.32 bits per heavy atom. The number of aromatic amines is 1. The zero-order valence-corrected chi connectivity index (χ0v) is 16.0. The lowest BCUT2D eigenvalue weighted by Gasteiger charge is -2.22. The minimum atomic E-state index is -0.906. The van der Waals surface area contributed by atoms with Crippen molar-refractivity contribution in [2.24, 2.45) is 0 Å². The van der Waals surface area contributed by atoms with Gasteiger partial charge in [-0.2, -0.15) is 0 Å². The van der Waals surface area contributed by atoms with Gasteiger partial charge in [0.2, 0.25) is 0 Å². The topological polar surface area (TPSA) is 87.3 Å². The molecule has 0 aliphatic rings. The summed E-state index contributed by atoms with van der Waals surface area (Å²) in [5.74, 6) is -1.30. The number of benzene rings is 1. The highest BCUT2D eigenvalue weighted by atomic mass is 35.5. The van der Waals surface area contributed by atoms with Crippen molar-refractivity contribution in [3.05, 3.63) is 64.8 Å². The molecule has 2 heterocycles. The second-order valence-electron chi connectivity index (χ2n) is 6.15. The van der Waals surface area contributed by atoms with E-state index in [1.807, 2.05) is 0 Å². The highest BCUT2D eigenvalue weighted by Gasteiger charge is 2.26. The van der Waals surface area contributed by atoms with E-state index in [1.165, 1.54) is 32.5 Å². The number of fused-ring (bicyclic) bond motifs is 1. The first kappa shape index (κ1) is 19.8. The summed E-state index contributed by atoms with van der Waals surface area (Å²) in [6.45, 7) is 0. The summed E-state index contributed by atoms with van der Waals surface area (Å²) in [7, 11) is 2.80. The third-order valence-corrected chi connectivity index (χ3v) is 4.46. The molecule has 1 atom stereocenters. The van der Waals surface area contributed by atoms with Gasteiger partial charge in [-0.15, -0.1) is 0 Å². The number of likely N-dealkylation sites (N-methyl/N-ethyl adjacent to an activating group) is 1. The van der Waals surface area contributed by atoms with Gasteiger partial charge < -0.3 is 10.3 Å². The number of nitrogens with zero attached hydrogens (tertiary/aromatic N) is 2. The number of amides is 2. The zero-order chi connectivity index (χ0) is 20.3. The van der Waals surface area contributed by atoms with Crippen molar-refractivity contribution in [1.82, 2.24) is 20.3 Å². The first-order valence-electron chi connectivity index (χ1n) is 8.38. The zero-order valence-electron chi connectivity index (χ0n) is 15.2. The molecule has 7 nitrogen and oxygen atoms in total. The van der Waals surface area contributed by atoms with E-state index in [2.05, 4.69) is 15.3 Å². The molecule has 28 heavy (non-hydrogen) atoms. The van der Waals surface area contributed by atoms with Crippen LogP contribution in [0.4, 0.5) is 4.39 Å². The first-order chi connectivity index (χ1) is 13.4. The summed E-state index contributed by atoms with van der Waals surface area (Å²) in [6.07, 6.45) is 1.69. The van der Waals surface area contributed by atoms with Gasteiger partial charge in [-0.05, 0) is 29.8 Å². The van der Waals surface area contributed by atoms with Gasteiger partial charge in [0, 0.05) is 18.9 Å². The predicted octanol–water partition coefficient (Wildman–Crippen LogP) is 2.72. The highest BCUT2D eigenvalue weighted by Crippen LogP contribution is 2.18. The maximum atomic E-state index is 13.1. The van der Waals surface area contributed by atoms with E-state index in [0.29, 0.717) is 16.2 Å². The molecule has 0 aliphatic carbocycles. The number of hydrogen-bond donors (Lipinski definition) is 2. The van der Waals surface area contributed by atoms with Crippen LogP contribution >= 0.6 is 11.6 Å². The van der Waals surface area contributed by atoms with Gasteiger partial charge in [-0.1, -0.05) is 23.7 Å². The molecule has 0 radical (unpaired) electrons. The summed E-state index contributed by atoms with van der Waals surface area (Å²) >= 11 is 5.87. The second-order valence-corrected chi connectivity index (χ2v) is 6.54. The van der Waals surface area contributed by atoms with Crippen LogP contribution < -0.4 is 5.32 Å². The van der Waals surface area contributed by atoms with Gasteiger partial charge in [0.15, 0.2) is 0 Å². The molecule has 146 valence electrons. The average Bonchev–Trinajstić information content (AvgIpc) is 3.11. The molecule has 0 aliphatic heterocycles. The van der Waals surface area contributed by atoms with E-state index < -0.39 is 17.9 Å². The number of rotatable bonds is 6. The van der Waals surface area contributed by atoms with Crippen LogP contribution in [0, 0.1) is 5.82 Å². The van der Waals surface area contributed by atoms with E-state index in [-0.39, 0.29) is 17.9 Å². The predicted molar refractivity (Wildman–Crippen MR) is 102 cm³/mol. The SMILES string of the molecule is CON(C)C(=O)C(Cc1ccc(F)cc1)NC(=O)c1cc2cc(Cl)ncc2[nH]1. The van der Waals surface area contributed by atoms with E-state index >= 15 is 0 Å². The minimum absolute atomic E-state index is 0.173.